The van der Waals surface area contributed by atoms with Gasteiger partial charge in [-0.05, 0) is 37.3 Å². The second-order valence-electron chi connectivity index (χ2n) is 6.33. The predicted molar refractivity (Wildman–Crippen MR) is 110 cm³/mol. The molecule has 0 saturated carbocycles. The van der Waals surface area contributed by atoms with Crippen LogP contribution >= 0.6 is 0 Å². The predicted octanol–water partition coefficient (Wildman–Crippen LogP) is 3.25. The van der Waals surface area contributed by atoms with E-state index in [1.165, 1.54) is 13.3 Å². The monoisotopic (exact) mass is 378 g/mol. The number of carbonyl (C=O) groups excluding carboxylic acids is 1. The average molecular weight is 378 g/mol. The molecular weight excluding hydrogens is 356 g/mol. The summed E-state index contributed by atoms with van der Waals surface area (Å²) >= 11 is 0. The van der Waals surface area contributed by atoms with Gasteiger partial charge in [-0.1, -0.05) is 0 Å². The molecule has 0 aliphatic heterocycles. The van der Waals surface area contributed by atoms with Crippen LogP contribution in [-0.2, 0) is 0 Å². The highest BCUT2D eigenvalue weighted by Crippen LogP contribution is 2.20. The maximum Gasteiger partial charge on any atom is 0.255 e. The molecule has 28 heavy (non-hydrogen) atoms. The molecule has 1 amide bonds. The van der Waals surface area contributed by atoms with E-state index in [4.69, 9.17) is 4.74 Å². The minimum absolute atomic E-state index is 0.237. The minimum Gasteiger partial charge on any atom is -0.481 e. The molecule has 0 aliphatic carbocycles. The lowest BCUT2D eigenvalue weighted by atomic mass is 10.2. The van der Waals surface area contributed by atoms with E-state index in [1.54, 1.807) is 24.3 Å². The Morgan fingerprint density at radius 2 is 1.75 bits per heavy atom. The van der Waals surface area contributed by atoms with Crippen molar-refractivity contribution in [1.29, 1.82) is 0 Å². The van der Waals surface area contributed by atoms with Crippen molar-refractivity contribution >= 4 is 29.0 Å². The van der Waals surface area contributed by atoms with Gasteiger partial charge in [0.15, 0.2) is 0 Å². The van der Waals surface area contributed by atoms with Gasteiger partial charge in [0.05, 0.1) is 7.11 Å². The number of ether oxygens (including phenoxy) is 1. The molecule has 0 spiro atoms. The molecule has 8 nitrogen and oxygen atoms in total. The van der Waals surface area contributed by atoms with E-state index in [0.29, 0.717) is 23.1 Å². The molecule has 8 heteroatoms. The van der Waals surface area contributed by atoms with Gasteiger partial charge in [0.1, 0.15) is 5.82 Å². The summed E-state index contributed by atoms with van der Waals surface area (Å²) in [5, 5.41) is 6.03. The molecule has 0 aliphatic rings. The molecule has 1 aromatic carbocycles. The van der Waals surface area contributed by atoms with Gasteiger partial charge < -0.3 is 20.3 Å². The van der Waals surface area contributed by atoms with Crippen molar-refractivity contribution in [1.82, 2.24) is 15.0 Å². The Bertz CT molecular complexity index is 973. The van der Waals surface area contributed by atoms with Crippen LogP contribution in [0.25, 0.3) is 0 Å². The smallest absolute Gasteiger partial charge is 0.255 e. The number of amides is 1. The zero-order valence-corrected chi connectivity index (χ0v) is 16.2. The summed E-state index contributed by atoms with van der Waals surface area (Å²) < 4.78 is 5.04. The fourth-order valence-electron chi connectivity index (χ4n) is 2.47. The molecule has 2 N–H and O–H groups in total. The first kappa shape index (κ1) is 19.1. The van der Waals surface area contributed by atoms with Crippen LogP contribution < -0.4 is 20.3 Å². The van der Waals surface area contributed by atoms with Crippen LogP contribution in [0.5, 0.6) is 5.88 Å². The Balaban J connectivity index is 1.69. The highest BCUT2D eigenvalue weighted by molar-refractivity contribution is 6.04. The van der Waals surface area contributed by atoms with E-state index < -0.39 is 0 Å². The van der Waals surface area contributed by atoms with E-state index in [0.717, 1.165) is 17.2 Å². The Hall–Kier alpha value is -3.68. The van der Waals surface area contributed by atoms with Crippen molar-refractivity contribution < 1.29 is 9.53 Å². The zero-order chi connectivity index (χ0) is 20.1. The van der Waals surface area contributed by atoms with Gasteiger partial charge in [-0.2, -0.15) is 4.98 Å². The number of pyridine rings is 1. The second kappa shape index (κ2) is 8.34. The number of anilines is 4. The first-order chi connectivity index (χ1) is 13.4. The Morgan fingerprint density at radius 3 is 2.43 bits per heavy atom. The third-order valence-corrected chi connectivity index (χ3v) is 3.90. The van der Waals surface area contributed by atoms with E-state index in [2.05, 4.69) is 25.6 Å². The lowest BCUT2D eigenvalue weighted by Gasteiger charge is -2.14. The number of benzene rings is 1. The molecule has 0 unspecified atom stereocenters. The Morgan fingerprint density at radius 1 is 1.04 bits per heavy atom. The molecule has 0 fully saturated rings. The lowest BCUT2D eigenvalue weighted by molar-refractivity contribution is 0.102. The summed E-state index contributed by atoms with van der Waals surface area (Å²) in [6, 6.07) is 12.4. The van der Waals surface area contributed by atoms with Crippen molar-refractivity contribution in [3.05, 3.63) is 59.9 Å². The fourth-order valence-corrected chi connectivity index (χ4v) is 2.47. The molecule has 0 atom stereocenters. The lowest BCUT2D eigenvalue weighted by Crippen LogP contribution is -2.13. The van der Waals surface area contributed by atoms with Crippen molar-refractivity contribution in [2.45, 2.75) is 6.92 Å². The number of nitrogens with zero attached hydrogens (tertiary/aromatic N) is 4. The van der Waals surface area contributed by atoms with Crippen molar-refractivity contribution in [3.8, 4) is 5.88 Å². The SMILES string of the molecule is COc1cc(C(=O)Nc2ccc(Nc3nc(C)cc(N(C)C)n3)cc2)ccn1. The van der Waals surface area contributed by atoms with Gasteiger partial charge in [-0.25, -0.2) is 9.97 Å². The number of nitrogens with one attached hydrogen (secondary N) is 2. The third kappa shape index (κ3) is 4.73. The summed E-state index contributed by atoms with van der Waals surface area (Å²) in [7, 11) is 5.37. The van der Waals surface area contributed by atoms with Crippen LogP contribution in [0.4, 0.5) is 23.1 Å². The molecule has 2 heterocycles. The van der Waals surface area contributed by atoms with Gasteiger partial charge in [0.25, 0.3) is 5.91 Å². The van der Waals surface area contributed by atoms with Crippen molar-refractivity contribution in [3.63, 3.8) is 0 Å². The van der Waals surface area contributed by atoms with E-state index >= 15 is 0 Å². The second-order valence-corrected chi connectivity index (χ2v) is 6.33. The summed E-state index contributed by atoms with van der Waals surface area (Å²) in [5.41, 5.74) is 2.83. The average Bonchev–Trinajstić information content (AvgIpc) is 2.69. The molecule has 3 aromatic rings. The van der Waals surface area contributed by atoms with Gasteiger partial charge in [-0.3, -0.25) is 4.79 Å². The third-order valence-electron chi connectivity index (χ3n) is 3.90. The van der Waals surface area contributed by atoms with Gasteiger partial charge in [0.2, 0.25) is 11.8 Å². The highest BCUT2D eigenvalue weighted by atomic mass is 16.5. The molecule has 2 aromatic heterocycles. The summed E-state index contributed by atoms with van der Waals surface area (Å²) in [6.07, 6.45) is 1.53. The quantitative estimate of drug-likeness (QED) is 0.680. The van der Waals surface area contributed by atoms with Crippen LogP contribution in [0.15, 0.2) is 48.7 Å². The number of hydrogen-bond acceptors (Lipinski definition) is 7. The Kier molecular flexibility index (Phi) is 5.69. The van der Waals surface area contributed by atoms with Gasteiger partial charge in [0, 0.05) is 55.1 Å². The number of rotatable bonds is 6. The highest BCUT2D eigenvalue weighted by Gasteiger charge is 2.08. The van der Waals surface area contributed by atoms with Crippen LogP contribution in [0, 0.1) is 6.92 Å². The number of aryl methyl sites for hydroxylation is 1. The topological polar surface area (TPSA) is 92.3 Å². The molecule has 0 saturated heterocycles. The van der Waals surface area contributed by atoms with Gasteiger partial charge >= 0.3 is 0 Å². The number of aromatic nitrogens is 3. The first-order valence-electron chi connectivity index (χ1n) is 8.66. The summed E-state index contributed by atoms with van der Waals surface area (Å²) in [6.45, 7) is 1.92. The fraction of sp³-hybridized carbons (Fsp3) is 0.200. The standard InChI is InChI=1S/C20H22N6O2/c1-13-11-17(26(2)3)25-20(22-13)24-16-7-5-15(6-8-16)23-19(27)14-9-10-21-18(12-14)28-4/h5-12H,1-4H3,(H,23,27)(H,22,24,25). The molecular formula is C20H22N6O2. The first-order valence-corrected chi connectivity index (χ1v) is 8.66. The van der Waals surface area contributed by atoms with Crippen molar-refractivity contribution in [2.24, 2.45) is 0 Å². The molecule has 3 rings (SSSR count). The van der Waals surface area contributed by atoms with Gasteiger partial charge in [-0.15, -0.1) is 0 Å². The van der Waals surface area contributed by atoms with Crippen LogP contribution in [0.3, 0.4) is 0 Å². The maximum atomic E-state index is 12.4. The van der Waals surface area contributed by atoms with E-state index in [9.17, 15) is 4.79 Å². The number of methoxy groups -OCH3 is 1. The molecule has 144 valence electrons. The zero-order valence-electron chi connectivity index (χ0n) is 16.2. The number of carbonyl (C=O) groups is 1. The van der Waals surface area contributed by atoms with Crippen LogP contribution in [0.2, 0.25) is 0 Å². The minimum atomic E-state index is -0.237. The largest absolute Gasteiger partial charge is 0.481 e. The van der Waals surface area contributed by atoms with E-state index in [1.807, 2.05) is 44.1 Å². The Labute approximate surface area is 163 Å². The van der Waals surface area contributed by atoms with E-state index in [-0.39, 0.29) is 5.91 Å². The number of hydrogen-bond donors (Lipinski definition) is 2. The summed E-state index contributed by atoms with van der Waals surface area (Å²) in [5.74, 6) is 1.50. The normalized spacial score (nSPS) is 10.3. The molecule has 0 bridgehead atoms. The van der Waals surface area contributed by atoms with Crippen LogP contribution in [-0.4, -0.2) is 42.1 Å². The molecule has 0 radical (unpaired) electrons. The summed E-state index contributed by atoms with van der Waals surface area (Å²) in [4.78, 5) is 27.2. The van der Waals surface area contributed by atoms with Crippen molar-refractivity contribution in [2.75, 3.05) is 36.7 Å². The maximum absolute atomic E-state index is 12.4. The van der Waals surface area contributed by atoms with Crippen LogP contribution in [0.1, 0.15) is 16.1 Å².